The minimum atomic E-state index is 0.184. The van der Waals surface area contributed by atoms with Gasteiger partial charge in [0.1, 0.15) is 5.75 Å². The first-order chi connectivity index (χ1) is 6.63. The fraction of sp³-hybridized carbons (Fsp3) is 0.364. The summed E-state index contributed by atoms with van der Waals surface area (Å²) in [4.78, 5) is 0. The van der Waals surface area contributed by atoms with Gasteiger partial charge in [-0.25, -0.2) is 0 Å². The molecule has 0 saturated carbocycles. The van der Waals surface area contributed by atoms with Gasteiger partial charge in [-0.1, -0.05) is 8.20 Å². The topological polar surface area (TPSA) is 32.3 Å². The van der Waals surface area contributed by atoms with Crippen molar-refractivity contribution in [1.29, 1.82) is 0 Å². The van der Waals surface area contributed by atoms with Crippen LogP contribution in [0.25, 0.3) is 0 Å². The molecule has 0 spiro atoms. The predicted octanol–water partition coefficient (Wildman–Crippen LogP) is 1.47. The lowest BCUT2D eigenvalue weighted by Gasteiger charge is -2.11. The lowest BCUT2D eigenvalue weighted by Crippen LogP contribution is -2.07. The molecule has 0 aliphatic rings. The molecule has 0 aliphatic heterocycles. The smallest absolute Gasteiger partial charge is 0.120 e. The highest BCUT2D eigenvalue weighted by Gasteiger charge is 2.00. The normalized spacial score (nSPS) is 11.2. The van der Waals surface area contributed by atoms with Gasteiger partial charge in [-0.2, -0.15) is 5.98 Å². The van der Waals surface area contributed by atoms with Crippen LogP contribution >= 0.6 is 8.20 Å². The van der Waals surface area contributed by atoms with Gasteiger partial charge in [-0.15, -0.1) is 0 Å². The van der Waals surface area contributed by atoms with E-state index in [4.69, 9.17) is 4.74 Å². The molecule has 14 heavy (non-hydrogen) atoms. The summed E-state index contributed by atoms with van der Waals surface area (Å²) in [5.74, 6) is 1.76. The van der Waals surface area contributed by atoms with Gasteiger partial charge >= 0.3 is 0 Å². The number of rotatable bonds is 3. The lowest BCUT2D eigenvalue weighted by molar-refractivity contribution is -0.195. The van der Waals surface area contributed by atoms with Crippen molar-refractivity contribution in [2.45, 2.75) is 26.9 Å². The highest BCUT2D eigenvalue weighted by molar-refractivity contribution is 7.46. The van der Waals surface area contributed by atoms with E-state index in [0.29, 0.717) is 0 Å². The van der Waals surface area contributed by atoms with Crippen LogP contribution in [0.4, 0.5) is 0 Å². The zero-order chi connectivity index (χ0) is 10.6. The lowest BCUT2D eigenvalue weighted by atomic mass is 10.2. The van der Waals surface area contributed by atoms with Crippen LogP contribution < -0.4 is 15.1 Å². The van der Waals surface area contributed by atoms with Gasteiger partial charge in [0.05, 0.1) is 6.10 Å². The molecular weight excluding hydrogens is 195 g/mol. The quantitative estimate of drug-likeness (QED) is 0.706. The minimum absolute atomic E-state index is 0.184. The number of ether oxygens (including phenoxy) is 1. The summed E-state index contributed by atoms with van der Waals surface area (Å²) in [6, 6.07) is 5.80. The van der Waals surface area contributed by atoms with E-state index in [1.807, 2.05) is 39.0 Å². The molecule has 0 N–H and O–H groups in total. The van der Waals surface area contributed by atoms with Crippen LogP contribution in [-0.2, 0) is 0 Å². The molecule has 1 aromatic carbocycles. The summed E-state index contributed by atoms with van der Waals surface area (Å²) in [5.41, 5.74) is 1.09. The van der Waals surface area contributed by atoms with Gasteiger partial charge in [-0.05, 0) is 44.5 Å². The van der Waals surface area contributed by atoms with Gasteiger partial charge in [0.2, 0.25) is 0 Å². The molecule has 0 heterocycles. The van der Waals surface area contributed by atoms with Crippen molar-refractivity contribution >= 4 is 19.5 Å². The first kappa shape index (κ1) is 11.2. The van der Waals surface area contributed by atoms with Crippen LogP contribution in [0.1, 0.15) is 19.4 Å². The highest BCUT2D eigenvalue weighted by Crippen LogP contribution is 2.15. The maximum Gasteiger partial charge on any atom is 0.120 e. The molecule has 0 unspecified atom stereocenters. The maximum absolute atomic E-state index is 10.3. The van der Waals surface area contributed by atoms with Crippen LogP contribution in [0.2, 0.25) is 0 Å². The van der Waals surface area contributed by atoms with Gasteiger partial charge in [-0.3, -0.25) is 0 Å². The molecule has 1 aromatic rings. The second-order valence-electron chi connectivity index (χ2n) is 3.35. The van der Waals surface area contributed by atoms with Gasteiger partial charge in [0, 0.05) is 5.30 Å². The van der Waals surface area contributed by atoms with Crippen LogP contribution in [-0.4, -0.2) is 12.1 Å². The standard InChI is InChI=1S/C11H15O2P/c1-8(2)13-10-4-5-11(14-7-12)9(3)6-10/h4-8,12H,1-3H3/p-1. The molecule has 2 nitrogen and oxygen atoms in total. The second kappa shape index (κ2) is 5.14. The Labute approximate surface area is 86.3 Å². The molecule has 76 valence electrons. The highest BCUT2D eigenvalue weighted by atomic mass is 31.1. The average Bonchev–Trinajstić information content (AvgIpc) is 2.09. The molecule has 0 amide bonds. The van der Waals surface area contributed by atoms with Crippen molar-refractivity contribution in [3.63, 3.8) is 0 Å². The van der Waals surface area contributed by atoms with Crippen LogP contribution in [0.5, 0.6) is 5.75 Å². The molecular formula is C11H14O2P-. The Morgan fingerprint density at radius 2 is 2.14 bits per heavy atom. The summed E-state index contributed by atoms with van der Waals surface area (Å²) in [6.45, 7) is 5.97. The second-order valence-corrected chi connectivity index (χ2v) is 4.30. The van der Waals surface area contributed by atoms with Gasteiger partial charge in [0.25, 0.3) is 0 Å². The summed E-state index contributed by atoms with van der Waals surface area (Å²) in [6.07, 6.45) is 0.184. The van der Waals surface area contributed by atoms with Crippen LogP contribution in [0, 0.1) is 6.92 Å². The van der Waals surface area contributed by atoms with Crippen molar-refractivity contribution in [1.82, 2.24) is 0 Å². The Bertz CT molecular complexity index is 332. The SMILES string of the molecule is Cc1cc(OC(C)C)ccc1P=C[O-]. The van der Waals surface area contributed by atoms with Crippen molar-refractivity contribution in [3.8, 4) is 5.75 Å². The van der Waals surface area contributed by atoms with Crippen molar-refractivity contribution in [2.24, 2.45) is 0 Å². The molecule has 0 saturated heterocycles. The Morgan fingerprint density at radius 1 is 1.43 bits per heavy atom. The van der Waals surface area contributed by atoms with Gasteiger partial charge in [0.15, 0.2) is 0 Å². The first-order valence-electron chi connectivity index (χ1n) is 4.55. The van der Waals surface area contributed by atoms with Crippen LogP contribution in [0.3, 0.4) is 0 Å². The van der Waals surface area contributed by atoms with E-state index in [2.05, 4.69) is 0 Å². The Balaban J connectivity index is 2.88. The number of aryl methyl sites for hydroxylation is 1. The van der Waals surface area contributed by atoms with Crippen molar-refractivity contribution < 1.29 is 9.84 Å². The third kappa shape index (κ3) is 3.13. The molecule has 0 fully saturated rings. The third-order valence-electron chi connectivity index (χ3n) is 1.73. The molecule has 0 radical (unpaired) electrons. The Morgan fingerprint density at radius 3 is 2.64 bits per heavy atom. The van der Waals surface area contributed by atoms with E-state index in [9.17, 15) is 5.11 Å². The summed E-state index contributed by atoms with van der Waals surface area (Å²) in [5, 5.41) is 11.4. The Hall–Kier alpha value is -0.850. The predicted molar refractivity (Wildman–Crippen MR) is 59.6 cm³/mol. The molecule has 0 aromatic heterocycles. The zero-order valence-corrected chi connectivity index (χ0v) is 9.54. The summed E-state index contributed by atoms with van der Waals surface area (Å²) in [7, 11) is 0.718. The van der Waals surface area contributed by atoms with Gasteiger partial charge < -0.3 is 9.84 Å². The molecule has 1 rings (SSSR count). The summed E-state index contributed by atoms with van der Waals surface area (Å²) < 4.78 is 5.54. The summed E-state index contributed by atoms with van der Waals surface area (Å²) >= 11 is 0. The van der Waals surface area contributed by atoms with E-state index < -0.39 is 0 Å². The van der Waals surface area contributed by atoms with E-state index in [1.165, 1.54) is 0 Å². The van der Waals surface area contributed by atoms with E-state index >= 15 is 0 Å². The van der Waals surface area contributed by atoms with E-state index in [1.54, 1.807) is 0 Å². The number of hydrogen-bond acceptors (Lipinski definition) is 2. The number of benzene rings is 1. The maximum atomic E-state index is 10.3. The average molecular weight is 209 g/mol. The van der Waals surface area contributed by atoms with Crippen molar-refractivity contribution in [2.75, 3.05) is 0 Å². The molecule has 0 bridgehead atoms. The fourth-order valence-electron chi connectivity index (χ4n) is 1.18. The van der Waals surface area contributed by atoms with Crippen molar-refractivity contribution in [3.05, 3.63) is 23.8 Å². The molecule has 0 atom stereocenters. The fourth-order valence-corrected chi connectivity index (χ4v) is 1.72. The number of hydrogen-bond donors (Lipinski definition) is 0. The molecule has 3 heteroatoms. The largest absolute Gasteiger partial charge is 0.830 e. The zero-order valence-electron chi connectivity index (χ0n) is 8.65. The third-order valence-corrected chi connectivity index (χ3v) is 2.62. The van der Waals surface area contributed by atoms with E-state index in [-0.39, 0.29) is 6.10 Å². The molecule has 0 aliphatic carbocycles. The van der Waals surface area contributed by atoms with Crippen LogP contribution in [0.15, 0.2) is 18.2 Å². The minimum Gasteiger partial charge on any atom is -0.830 e. The van der Waals surface area contributed by atoms with E-state index in [0.717, 1.165) is 30.8 Å². The first-order valence-corrected chi connectivity index (χ1v) is 5.51. The Kier molecular flexibility index (Phi) is 4.12. The monoisotopic (exact) mass is 209 g/mol.